The van der Waals surface area contributed by atoms with Gasteiger partial charge in [0.05, 0.1) is 5.56 Å². The molecule has 0 radical (unpaired) electrons. The maximum atomic E-state index is 13.0. The lowest BCUT2D eigenvalue weighted by molar-refractivity contribution is 0.0986. The number of hydrogen-bond donors (Lipinski definition) is 0. The third-order valence-electron chi connectivity index (χ3n) is 4.57. The second-order valence-corrected chi connectivity index (χ2v) is 6.83. The van der Waals surface area contributed by atoms with Crippen LogP contribution in [0.5, 0.6) is 0 Å². The number of hydrogen-bond acceptors (Lipinski definition) is 3. The molecule has 1 amide bonds. The van der Waals surface area contributed by atoms with Gasteiger partial charge >= 0.3 is 0 Å². The zero-order valence-electron chi connectivity index (χ0n) is 14.0. The highest BCUT2D eigenvalue weighted by molar-refractivity contribution is 7.98. The first-order chi connectivity index (χ1) is 12.3. The third kappa shape index (κ3) is 2.94. The van der Waals surface area contributed by atoms with E-state index in [1.807, 2.05) is 47.6 Å². The van der Waals surface area contributed by atoms with E-state index in [9.17, 15) is 4.79 Å². The molecule has 0 N–H and O–H groups in total. The number of carbonyl (C=O) groups is 1. The van der Waals surface area contributed by atoms with E-state index in [-0.39, 0.29) is 5.91 Å². The first kappa shape index (κ1) is 15.9. The molecule has 2 aromatic carbocycles. The van der Waals surface area contributed by atoms with Crippen LogP contribution in [0, 0.1) is 0 Å². The van der Waals surface area contributed by atoms with Gasteiger partial charge in [0, 0.05) is 29.5 Å². The number of carbonyl (C=O) groups excluding carboxylic acids is 1. The van der Waals surface area contributed by atoms with E-state index in [0.29, 0.717) is 0 Å². The average Bonchev–Trinajstić information content (AvgIpc) is 3.11. The topological polar surface area (TPSA) is 33.2 Å². The second kappa shape index (κ2) is 6.73. The van der Waals surface area contributed by atoms with Crippen LogP contribution in [0.15, 0.2) is 71.9 Å². The molecule has 0 saturated heterocycles. The second-order valence-electron chi connectivity index (χ2n) is 5.99. The van der Waals surface area contributed by atoms with Crippen LogP contribution >= 0.6 is 11.8 Å². The predicted molar refractivity (Wildman–Crippen MR) is 103 cm³/mol. The molecular weight excluding hydrogens is 328 g/mol. The van der Waals surface area contributed by atoms with Crippen molar-refractivity contribution in [1.29, 1.82) is 0 Å². The zero-order chi connectivity index (χ0) is 17.2. The Bertz CT molecular complexity index is 924. The largest absolute Gasteiger partial charge is 0.308 e. The summed E-state index contributed by atoms with van der Waals surface area (Å²) in [4.78, 5) is 20.0. The van der Waals surface area contributed by atoms with Gasteiger partial charge in [-0.25, -0.2) is 0 Å². The van der Waals surface area contributed by atoms with Crippen molar-refractivity contribution < 1.29 is 4.79 Å². The van der Waals surface area contributed by atoms with Gasteiger partial charge in [0.2, 0.25) is 0 Å². The van der Waals surface area contributed by atoms with E-state index in [4.69, 9.17) is 0 Å². The van der Waals surface area contributed by atoms with Gasteiger partial charge in [-0.3, -0.25) is 9.78 Å². The van der Waals surface area contributed by atoms with E-state index >= 15 is 0 Å². The van der Waals surface area contributed by atoms with Crippen molar-refractivity contribution in [2.24, 2.45) is 0 Å². The number of thioether (sulfide) groups is 1. The minimum atomic E-state index is 0.0837. The Morgan fingerprint density at radius 2 is 1.84 bits per heavy atom. The van der Waals surface area contributed by atoms with Crippen LogP contribution in [0.3, 0.4) is 0 Å². The monoisotopic (exact) mass is 346 g/mol. The summed E-state index contributed by atoms with van der Waals surface area (Å²) in [5.41, 5.74) is 5.35. The molecule has 0 bridgehead atoms. The van der Waals surface area contributed by atoms with Crippen LogP contribution in [0.25, 0.3) is 11.1 Å². The first-order valence-corrected chi connectivity index (χ1v) is 9.48. The molecule has 124 valence electrons. The number of amides is 1. The summed E-state index contributed by atoms with van der Waals surface area (Å²) in [6.45, 7) is 0.733. The number of nitrogens with zero attached hydrogens (tertiary/aromatic N) is 2. The van der Waals surface area contributed by atoms with Crippen molar-refractivity contribution in [3.8, 4) is 11.1 Å². The van der Waals surface area contributed by atoms with Crippen LogP contribution in [0.4, 0.5) is 5.69 Å². The summed E-state index contributed by atoms with van der Waals surface area (Å²) in [5.74, 6) is 0.0837. The Balaban J connectivity index is 1.67. The van der Waals surface area contributed by atoms with Crippen LogP contribution in [-0.4, -0.2) is 23.7 Å². The van der Waals surface area contributed by atoms with Gasteiger partial charge in [0.1, 0.15) is 0 Å². The maximum Gasteiger partial charge on any atom is 0.259 e. The number of fused-ring (bicyclic) bond motifs is 1. The Kier molecular flexibility index (Phi) is 4.28. The number of benzene rings is 2. The highest BCUT2D eigenvalue weighted by Gasteiger charge is 2.27. The van der Waals surface area contributed by atoms with Crippen molar-refractivity contribution in [2.45, 2.75) is 11.3 Å². The SMILES string of the molecule is CSc1ccccc1C(=O)N1CCc2cc(-c3ccncc3)ccc21. The number of pyridine rings is 1. The molecule has 0 atom stereocenters. The fourth-order valence-corrected chi connectivity index (χ4v) is 3.89. The van der Waals surface area contributed by atoms with Crippen molar-refractivity contribution >= 4 is 23.4 Å². The van der Waals surface area contributed by atoms with Crippen LogP contribution < -0.4 is 4.90 Å². The minimum Gasteiger partial charge on any atom is -0.308 e. The molecule has 25 heavy (non-hydrogen) atoms. The molecule has 0 fully saturated rings. The molecule has 3 nitrogen and oxygen atoms in total. The van der Waals surface area contributed by atoms with Crippen molar-refractivity contribution in [2.75, 3.05) is 17.7 Å². The van der Waals surface area contributed by atoms with Crippen LogP contribution in [0.2, 0.25) is 0 Å². The van der Waals surface area contributed by atoms with E-state index in [0.717, 1.165) is 34.7 Å². The normalized spacial score (nSPS) is 12.9. The van der Waals surface area contributed by atoms with Gasteiger partial charge < -0.3 is 4.90 Å². The third-order valence-corrected chi connectivity index (χ3v) is 5.37. The number of rotatable bonds is 3. The van der Waals surface area contributed by atoms with Gasteiger partial charge in [-0.2, -0.15) is 0 Å². The van der Waals surface area contributed by atoms with Gasteiger partial charge in [-0.05, 0) is 65.8 Å². The summed E-state index contributed by atoms with van der Waals surface area (Å²) in [6.07, 6.45) is 6.50. The fourth-order valence-electron chi connectivity index (χ4n) is 3.30. The molecule has 4 rings (SSSR count). The summed E-state index contributed by atoms with van der Waals surface area (Å²) in [5, 5.41) is 0. The van der Waals surface area contributed by atoms with Crippen LogP contribution in [0.1, 0.15) is 15.9 Å². The Hall–Kier alpha value is -2.59. The molecule has 0 unspecified atom stereocenters. The standard InChI is InChI=1S/C21H18N2OS/c1-25-20-5-3-2-4-18(20)21(24)23-13-10-17-14-16(6-7-19(17)23)15-8-11-22-12-9-15/h2-9,11-12,14H,10,13H2,1H3. The van der Waals surface area contributed by atoms with Gasteiger partial charge in [-0.15, -0.1) is 11.8 Å². The molecule has 1 aliphatic rings. The highest BCUT2D eigenvalue weighted by atomic mass is 32.2. The molecule has 3 aromatic rings. The first-order valence-electron chi connectivity index (χ1n) is 8.26. The number of anilines is 1. The van der Waals surface area contributed by atoms with Gasteiger partial charge in [-0.1, -0.05) is 18.2 Å². The summed E-state index contributed by atoms with van der Waals surface area (Å²) in [6, 6.07) is 18.2. The lowest BCUT2D eigenvalue weighted by Crippen LogP contribution is -2.29. The van der Waals surface area contributed by atoms with Gasteiger partial charge in [0.15, 0.2) is 0 Å². The molecule has 4 heteroatoms. The lowest BCUT2D eigenvalue weighted by Gasteiger charge is -2.19. The zero-order valence-corrected chi connectivity index (χ0v) is 14.8. The van der Waals surface area contributed by atoms with Crippen molar-refractivity contribution in [3.05, 3.63) is 78.1 Å². The molecule has 0 spiro atoms. The highest BCUT2D eigenvalue weighted by Crippen LogP contribution is 2.34. The Labute approximate surface area is 151 Å². The van der Waals surface area contributed by atoms with Crippen molar-refractivity contribution in [1.82, 2.24) is 4.98 Å². The van der Waals surface area contributed by atoms with E-state index in [1.54, 1.807) is 24.2 Å². The minimum absolute atomic E-state index is 0.0837. The maximum absolute atomic E-state index is 13.0. The average molecular weight is 346 g/mol. The molecule has 1 aliphatic heterocycles. The Morgan fingerprint density at radius 3 is 2.64 bits per heavy atom. The fraction of sp³-hybridized carbons (Fsp3) is 0.143. The van der Waals surface area contributed by atoms with Gasteiger partial charge in [0.25, 0.3) is 5.91 Å². The summed E-state index contributed by atoms with van der Waals surface area (Å²) >= 11 is 1.61. The molecule has 1 aromatic heterocycles. The molecule has 2 heterocycles. The number of aromatic nitrogens is 1. The molecular formula is C21H18N2OS. The predicted octanol–water partition coefficient (Wildman–Crippen LogP) is 4.67. The lowest BCUT2D eigenvalue weighted by atomic mass is 10.0. The Morgan fingerprint density at radius 1 is 1.04 bits per heavy atom. The smallest absolute Gasteiger partial charge is 0.259 e. The van der Waals surface area contributed by atoms with Crippen molar-refractivity contribution in [3.63, 3.8) is 0 Å². The van der Waals surface area contributed by atoms with E-state index < -0.39 is 0 Å². The quantitative estimate of drug-likeness (QED) is 0.646. The summed E-state index contributed by atoms with van der Waals surface area (Å²) < 4.78 is 0. The molecule has 0 saturated carbocycles. The summed E-state index contributed by atoms with van der Waals surface area (Å²) in [7, 11) is 0. The molecule has 0 aliphatic carbocycles. The van der Waals surface area contributed by atoms with E-state index in [1.165, 1.54) is 11.1 Å². The van der Waals surface area contributed by atoms with E-state index in [2.05, 4.69) is 23.2 Å². The van der Waals surface area contributed by atoms with Crippen LogP contribution in [-0.2, 0) is 6.42 Å².